The molecule has 0 atom stereocenters. The lowest BCUT2D eigenvalue weighted by Gasteiger charge is -2.27. The highest BCUT2D eigenvalue weighted by Gasteiger charge is 2.14. The summed E-state index contributed by atoms with van der Waals surface area (Å²) in [6.07, 6.45) is 0. The van der Waals surface area contributed by atoms with Crippen molar-refractivity contribution in [3.05, 3.63) is 42.5 Å². The zero-order chi connectivity index (χ0) is 14.8. The van der Waals surface area contributed by atoms with Crippen molar-refractivity contribution in [2.75, 3.05) is 36.5 Å². The molecule has 1 aromatic carbocycles. The first kappa shape index (κ1) is 13.1. The number of aromatic nitrogens is 3. The highest BCUT2D eigenvalue weighted by molar-refractivity contribution is 5.76. The van der Waals surface area contributed by atoms with Gasteiger partial charge in [-0.1, -0.05) is 18.2 Å². The molecule has 22 heavy (non-hydrogen) atoms. The first-order chi connectivity index (χ1) is 10.9. The Balaban J connectivity index is 1.60. The fourth-order valence-corrected chi connectivity index (χ4v) is 2.57. The van der Waals surface area contributed by atoms with E-state index in [0.29, 0.717) is 5.95 Å². The molecule has 0 saturated carbocycles. The topological polar surface area (TPSA) is 66.1 Å². The van der Waals surface area contributed by atoms with Crippen molar-refractivity contribution in [3.63, 3.8) is 0 Å². The molecule has 2 aromatic heterocycles. The molecule has 0 radical (unpaired) electrons. The molecule has 1 saturated heterocycles. The Kier molecular flexibility index (Phi) is 3.36. The van der Waals surface area contributed by atoms with Crippen LogP contribution >= 0.6 is 0 Å². The Morgan fingerprint density at radius 2 is 1.82 bits per heavy atom. The lowest BCUT2D eigenvalue weighted by atomic mass is 10.3. The van der Waals surface area contributed by atoms with Gasteiger partial charge in [-0.2, -0.15) is 4.98 Å². The lowest BCUT2D eigenvalue weighted by molar-refractivity contribution is 0.122. The fraction of sp³-hybridized carbons (Fsp3) is 0.250. The van der Waals surface area contributed by atoms with Crippen molar-refractivity contribution < 1.29 is 4.74 Å². The number of pyridine rings is 1. The van der Waals surface area contributed by atoms with E-state index in [-0.39, 0.29) is 0 Å². The van der Waals surface area contributed by atoms with Gasteiger partial charge in [-0.3, -0.25) is 0 Å². The van der Waals surface area contributed by atoms with Crippen LogP contribution in [0.2, 0.25) is 0 Å². The predicted molar refractivity (Wildman–Crippen MR) is 86.6 cm³/mol. The molecule has 1 aliphatic heterocycles. The maximum atomic E-state index is 5.38. The Morgan fingerprint density at radius 1 is 1.00 bits per heavy atom. The monoisotopic (exact) mass is 295 g/mol. The van der Waals surface area contributed by atoms with Crippen molar-refractivity contribution in [2.24, 2.45) is 0 Å². The van der Waals surface area contributed by atoms with Crippen molar-refractivity contribution in [3.8, 4) is 0 Å². The number of hydrogen-bond donors (Lipinski definition) is 2. The van der Waals surface area contributed by atoms with Gasteiger partial charge in [0.25, 0.3) is 0 Å². The molecular formula is C16H17N5O. The predicted octanol–water partition coefficient (Wildman–Crippen LogP) is 2.54. The summed E-state index contributed by atoms with van der Waals surface area (Å²) in [5, 5.41) is 3.25. The Bertz CT molecular complexity index is 765. The summed E-state index contributed by atoms with van der Waals surface area (Å²) in [5.41, 5.74) is 2.65. The van der Waals surface area contributed by atoms with Crippen LogP contribution in [0.3, 0.4) is 0 Å². The third-order valence-corrected chi connectivity index (χ3v) is 3.70. The number of ether oxygens (including phenoxy) is 1. The molecule has 2 N–H and O–H groups in total. The molecule has 112 valence electrons. The average molecular weight is 295 g/mol. The third kappa shape index (κ3) is 2.60. The van der Waals surface area contributed by atoms with Crippen LogP contribution in [-0.4, -0.2) is 41.3 Å². The largest absolute Gasteiger partial charge is 0.378 e. The van der Waals surface area contributed by atoms with Gasteiger partial charge in [0.2, 0.25) is 5.95 Å². The zero-order valence-corrected chi connectivity index (χ0v) is 12.1. The number of rotatable bonds is 3. The molecule has 0 bridgehead atoms. The highest BCUT2D eigenvalue weighted by atomic mass is 16.5. The molecule has 0 spiro atoms. The number of nitrogens with zero attached hydrogens (tertiary/aromatic N) is 3. The maximum absolute atomic E-state index is 5.38. The number of para-hydroxylation sites is 1. The molecule has 1 fully saturated rings. The highest BCUT2D eigenvalue weighted by Crippen LogP contribution is 2.20. The van der Waals surface area contributed by atoms with E-state index in [1.54, 1.807) is 0 Å². The van der Waals surface area contributed by atoms with Gasteiger partial charge in [0.15, 0.2) is 5.65 Å². The van der Waals surface area contributed by atoms with Crippen molar-refractivity contribution in [1.29, 1.82) is 0 Å². The van der Waals surface area contributed by atoms with Crippen LogP contribution in [0.25, 0.3) is 11.2 Å². The van der Waals surface area contributed by atoms with Gasteiger partial charge >= 0.3 is 0 Å². The minimum absolute atomic E-state index is 0.702. The van der Waals surface area contributed by atoms with Crippen LogP contribution in [0, 0.1) is 0 Å². The summed E-state index contributed by atoms with van der Waals surface area (Å²) in [6.45, 7) is 3.25. The fourth-order valence-electron chi connectivity index (χ4n) is 2.57. The lowest BCUT2D eigenvalue weighted by Crippen LogP contribution is -2.36. The normalized spacial score (nSPS) is 15.2. The molecular weight excluding hydrogens is 278 g/mol. The van der Waals surface area contributed by atoms with E-state index in [0.717, 1.165) is 49.0 Å². The Morgan fingerprint density at radius 3 is 2.64 bits per heavy atom. The number of imidazole rings is 1. The summed E-state index contributed by atoms with van der Waals surface area (Å²) >= 11 is 0. The quantitative estimate of drug-likeness (QED) is 0.777. The molecule has 6 heteroatoms. The Hall–Kier alpha value is -2.60. The summed E-state index contributed by atoms with van der Waals surface area (Å²) in [6, 6.07) is 14.0. The molecule has 0 amide bonds. The number of morpholine rings is 1. The van der Waals surface area contributed by atoms with E-state index in [4.69, 9.17) is 4.74 Å². The van der Waals surface area contributed by atoms with E-state index >= 15 is 0 Å². The van der Waals surface area contributed by atoms with E-state index in [1.807, 2.05) is 42.5 Å². The van der Waals surface area contributed by atoms with Crippen LogP contribution in [0.1, 0.15) is 0 Å². The van der Waals surface area contributed by atoms with Crippen LogP contribution in [0.5, 0.6) is 0 Å². The van der Waals surface area contributed by atoms with Crippen LogP contribution in [0.4, 0.5) is 17.5 Å². The minimum atomic E-state index is 0.702. The summed E-state index contributed by atoms with van der Waals surface area (Å²) in [7, 11) is 0. The second-order valence-electron chi connectivity index (χ2n) is 5.22. The van der Waals surface area contributed by atoms with Gasteiger partial charge in [-0.15, -0.1) is 0 Å². The molecule has 1 aliphatic rings. The molecule has 0 aliphatic carbocycles. The van der Waals surface area contributed by atoms with Crippen molar-refractivity contribution >= 4 is 28.6 Å². The smallest absolute Gasteiger partial charge is 0.207 e. The number of aromatic amines is 1. The minimum Gasteiger partial charge on any atom is -0.378 e. The summed E-state index contributed by atoms with van der Waals surface area (Å²) in [5.74, 6) is 1.65. The zero-order valence-electron chi connectivity index (χ0n) is 12.1. The van der Waals surface area contributed by atoms with Crippen molar-refractivity contribution in [1.82, 2.24) is 15.0 Å². The second-order valence-corrected chi connectivity index (χ2v) is 5.22. The number of benzene rings is 1. The van der Waals surface area contributed by atoms with Gasteiger partial charge < -0.3 is 19.9 Å². The number of anilines is 3. The number of H-pyrrole nitrogens is 1. The summed E-state index contributed by atoms with van der Waals surface area (Å²) in [4.78, 5) is 14.6. The maximum Gasteiger partial charge on any atom is 0.207 e. The van der Waals surface area contributed by atoms with E-state index in [9.17, 15) is 0 Å². The number of hydrogen-bond acceptors (Lipinski definition) is 5. The van der Waals surface area contributed by atoms with E-state index < -0.39 is 0 Å². The Labute approximate surface area is 128 Å². The summed E-state index contributed by atoms with van der Waals surface area (Å²) < 4.78 is 5.38. The van der Waals surface area contributed by atoms with E-state index in [1.165, 1.54) is 0 Å². The first-order valence-electron chi connectivity index (χ1n) is 7.40. The van der Waals surface area contributed by atoms with Crippen LogP contribution in [-0.2, 0) is 4.74 Å². The molecule has 6 nitrogen and oxygen atoms in total. The SMILES string of the molecule is c1ccc(Nc2nc3nc(N4CCOCC4)ccc3[nH]2)cc1. The average Bonchev–Trinajstić information content (AvgIpc) is 2.98. The molecule has 3 aromatic rings. The third-order valence-electron chi connectivity index (χ3n) is 3.70. The molecule has 0 unspecified atom stereocenters. The van der Waals surface area contributed by atoms with Crippen molar-refractivity contribution in [2.45, 2.75) is 0 Å². The molecule has 3 heterocycles. The first-order valence-corrected chi connectivity index (χ1v) is 7.40. The van der Waals surface area contributed by atoms with Crippen LogP contribution in [0.15, 0.2) is 42.5 Å². The van der Waals surface area contributed by atoms with Gasteiger partial charge in [0, 0.05) is 18.8 Å². The van der Waals surface area contributed by atoms with Gasteiger partial charge in [-0.05, 0) is 24.3 Å². The number of nitrogens with one attached hydrogen (secondary N) is 2. The standard InChI is InChI=1S/C16H17N5O/c1-2-4-12(5-3-1)17-16-18-13-6-7-14(19-15(13)20-16)21-8-10-22-11-9-21/h1-7H,8-11H2,(H2,17,18,19,20). The second kappa shape index (κ2) is 5.65. The van der Waals surface area contributed by atoms with Gasteiger partial charge in [0.05, 0.1) is 18.7 Å². The van der Waals surface area contributed by atoms with Gasteiger partial charge in [0.1, 0.15) is 5.82 Å². The molecule has 4 rings (SSSR count). The van der Waals surface area contributed by atoms with Gasteiger partial charge in [-0.25, -0.2) is 4.98 Å². The van der Waals surface area contributed by atoms with E-state index in [2.05, 4.69) is 25.2 Å². The van der Waals surface area contributed by atoms with Crippen LogP contribution < -0.4 is 10.2 Å². The number of fused-ring (bicyclic) bond motifs is 1.